The van der Waals surface area contributed by atoms with Crippen LogP contribution in [0.3, 0.4) is 0 Å². The van der Waals surface area contributed by atoms with Crippen LogP contribution in [0.1, 0.15) is 5.56 Å². The van der Waals surface area contributed by atoms with Gasteiger partial charge in [0.05, 0.1) is 12.5 Å². The van der Waals surface area contributed by atoms with Crippen molar-refractivity contribution in [1.29, 1.82) is 0 Å². The molecule has 1 N–H and O–H groups in total. The van der Waals surface area contributed by atoms with E-state index in [0.717, 1.165) is 32.9 Å². The van der Waals surface area contributed by atoms with E-state index >= 15 is 0 Å². The number of rotatable bonds is 5. The van der Waals surface area contributed by atoms with Gasteiger partial charge in [-0.05, 0) is 23.1 Å². The first-order valence-electron chi connectivity index (χ1n) is 8.00. The van der Waals surface area contributed by atoms with Crippen LogP contribution < -0.4 is 10.1 Å². The smallest absolute Gasteiger partial charge is 0.137 e. The minimum atomic E-state index is 0.667. The Morgan fingerprint density at radius 3 is 2.76 bits per heavy atom. The molecule has 4 aromatic rings. The van der Waals surface area contributed by atoms with Gasteiger partial charge in [-0.3, -0.25) is 0 Å². The molecule has 0 aliphatic heterocycles. The van der Waals surface area contributed by atoms with Crippen LogP contribution in [0.2, 0.25) is 0 Å². The Labute approximate surface area is 150 Å². The minimum Gasteiger partial charge on any atom is -0.496 e. The first-order valence-corrected chi connectivity index (χ1v) is 8.88. The number of nitrogens with one attached hydrogen (secondary N) is 1. The fourth-order valence-electron chi connectivity index (χ4n) is 2.92. The summed E-state index contributed by atoms with van der Waals surface area (Å²) < 4.78 is 5.51. The number of fused-ring (bicyclic) bond motifs is 1. The van der Waals surface area contributed by atoms with Crippen molar-refractivity contribution in [3.05, 3.63) is 71.9 Å². The normalized spacial score (nSPS) is 10.8. The topological polar surface area (TPSA) is 47.0 Å². The molecule has 0 atom stereocenters. The van der Waals surface area contributed by atoms with E-state index in [4.69, 9.17) is 4.74 Å². The Bertz CT molecular complexity index is 994. The Hall–Kier alpha value is -2.92. The summed E-state index contributed by atoms with van der Waals surface area (Å²) in [4.78, 5) is 8.95. The maximum Gasteiger partial charge on any atom is 0.137 e. The summed E-state index contributed by atoms with van der Waals surface area (Å²) in [6, 6.07) is 16.3. The molecule has 124 valence electrons. The van der Waals surface area contributed by atoms with Crippen molar-refractivity contribution in [2.24, 2.45) is 0 Å². The van der Waals surface area contributed by atoms with E-state index in [-0.39, 0.29) is 0 Å². The molecule has 5 heteroatoms. The average molecular weight is 347 g/mol. The molecular weight excluding hydrogens is 330 g/mol. The van der Waals surface area contributed by atoms with Gasteiger partial charge in [0.2, 0.25) is 0 Å². The van der Waals surface area contributed by atoms with Crippen molar-refractivity contribution in [3.8, 4) is 16.3 Å². The molecule has 0 spiro atoms. The Balaban J connectivity index is 1.68. The first kappa shape index (κ1) is 15.6. The Morgan fingerprint density at radius 1 is 1.00 bits per heavy atom. The lowest BCUT2D eigenvalue weighted by Crippen LogP contribution is -2.04. The van der Waals surface area contributed by atoms with Crippen LogP contribution in [0.25, 0.3) is 21.3 Å². The van der Waals surface area contributed by atoms with Crippen molar-refractivity contribution in [3.63, 3.8) is 0 Å². The standard InChI is InChI=1S/C20H17N3OS/c1-24-17-8-4-6-14-9-10-21-19(18(14)17)23-13-15-5-2-3-7-16(15)20-22-11-12-25-20/h2-12H,13H2,1H3,(H,21,23). The molecule has 2 aromatic heterocycles. The van der Waals surface area contributed by atoms with Crippen LogP contribution >= 0.6 is 11.3 Å². The number of aromatic nitrogens is 2. The summed E-state index contributed by atoms with van der Waals surface area (Å²) >= 11 is 1.65. The maximum absolute atomic E-state index is 5.51. The number of anilines is 1. The summed E-state index contributed by atoms with van der Waals surface area (Å²) in [5.74, 6) is 1.64. The predicted octanol–water partition coefficient (Wildman–Crippen LogP) is 4.98. The molecule has 4 nitrogen and oxygen atoms in total. The molecule has 0 amide bonds. The summed E-state index contributed by atoms with van der Waals surface area (Å²) in [5.41, 5.74) is 2.34. The average Bonchev–Trinajstić information content (AvgIpc) is 3.20. The first-order chi connectivity index (χ1) is 12.4. The molecule has 25 heavy (non-hydrogen) atoms. The van der Waals surface area contributed by atoms with Gasteiger partial charge >= 0.3 is 0 Å². The van der Waals surface area contributed by atoms with Gasteiger partial charge in [-0.1, -0.05) is 36.4 Å². The van der Waals surface area contributed by atoms with E-state index in [9.17, 15) is 0 Å². The lowest BCUT2D eigenvalue weighted by Gasteiger charge is -2.13. The summed E-state index contributed by atoms with van der Waals surface area (Å²) in [5, 5.41) is 8.59. The zero-order chi connectivity index (χ0) is 17.1. The third-order valence-electron chi connectivity index (χ3n) is 4.10. The highest BCUT2D eigenvalue weighted by Gasteiger charge is 2.10. The molecule has 2 aromatic carbocycles. The van der Waals surface area contributed by atoms with E-state index in [1.54, 1.807) is 18.4 Å². The fourth-order valence-corrected chi connectivity index (χ4v) is 3.62. The largest absolute Gasteiger partial charge is 0.496 e. The number of methoxy groups -OCH3 is 1. The lowest BCUT2D eigenvalue weighted by atomic mass is 10.1. The predicted molar refractivity (Wildman–Crippen MR) is 103 cm³/mol. The molecule has 0 aliphatic rings. The monoisotopic (exact) mass is 347 g/mol. The zero-order valence-corrected chi connectivity index (χ0v) is 14.6. The summed E-state index contributed by atoms with van der Waals surface area (Å²) in [6.07, 6.45) is 3.65. The lowest BCUT2D eigenvalue weighted by molar-refractivity contribution is 0.420. The molecule has 0 unspecified atom stereocenters. The van der Waals surface area contributed by atoms with Gasteiger partial charge in [-0.25, -0.2) is 9.97 Å². The van der Waals surface area contributed by atoms with E-state index < -0.39 is 0 Å². The third kappa shape index (κ3) is 3.06. The second kappa shape index (κ2) is 6.91. The zero-order valence-electron chi connectivity index (χ0n) is 13.8. The second-order valence-corrected chi connectivity index (χ2v) is 6.46. The number of benzene rings is 2. The molecule has 0 fully saturated rings. The van der Waals surface area contributed by atoms with Crippen molar-refractivity contribution < 1.29 is 4.74 Å². The number of thiazole rings is 1. The highest BCUT2D eigenvalue weighted by Crippen LogP contribution is 2.31. The molecule has 2 heterocycles. The second-order valence-electron chi connectivity index (χ2n) is 5.57. The molecule has 0 bridgehead atoms. The van der Waals surface area contributed by atoms with E-state index in [2.05, 4.69) is 33.5 Å². The van der Waals surface area contributed by atoms with Gasteiger partial charge in [0.1, 0.15) is 16.6 Å². The van der Waals surface area contributed by atoms with Crippen molar-refractivity contribution >= 4 is 27.9 Å². The van der Waals surface area contributed by atoms with Crippen LogP contribution in [0.4, 0.5) is 5.82 Å². The minimum absolute atomic E-state index is 0.667. The third-order valence-corrected chi connectivity index (χ3v) is 4.91. The number of nitrogens with zero attached hydrogens (tertiary/aromatic N) is 2. The van der Waals surface area contributed by atoms with E-state index in [1.165, 1.54) is 5.56 Å². The SMILES string of the molecule is COc1cccc2ccnc(NCc3ccccc3-c3nccs3)c12. The van der Waals surface area contributed by atoms with Crippen molar-refractivity contribution in [2.75, 3.05) is 12.4 Å². The van der Waals surface area contributed by atoms with Gasteiger partial charge in [0.15, 0.2) is 0 Å². The maximum atomic E-state index is 5.51. The highest BCUT2D eigenvalue weighted by atomic mass is 32.1. The van der Waals surface area contributed by atoms with Crippen LogP contribution in [-0.4, -0.2) is 17.1 Å². The van der Waals surface area contributed by atoms with Gasteiger partial charge in [-0.2, -0.15) is 0 Å². The Morgan fingerprint density at radius 2 is 1.92 bits per heavy atom. The quantitative estimate of drug-likeness (QED) is 0.553. The van der Waals surface area contributed by atoms with Gasteiger partial charge < -0.3 is 10.1 Å². The van der Waals surface area contributed by atoms with Crippen molar-refractivity contribution in [2.45, 2.75) is 6.54 Å². The van der Waals surface area contributed by atoms with E-state index in [0.29, 0.717) is 6.54 Å². The number of hydrogen-bond donors (Lipinski definition) is 1. The molecule has 0 aliphatic carbocycles. The summed E-state index contributed by atoms with van der Waals surface area (Å²) in [7, 11) is 1.68. The number of pyridine rings is 1. The number of hydrogen-bond acceptors (Lipinski definition) is 5. The molecular formula is C20H17N3OS. The van der Waals surface area contributed by atoms with Gasteiger partial charge in [0, 0.05) is 29.9 Å². The summed E-state index contributed by atoms with van der Waals surface area (Å²) in [6.45, 7) is 0.667. The van der Waals surface area contributed by atoms with Crippen LogP contribution in [0.5, 0.6) is 5.75 Å². The molecule has 0 radical (unpaired) electrons. The molecule has 0 saturated heterocycles. The van der Waals surface area contributed by atoms with Crippen LogP contribution in [0.15, 0.2) is 66.3 Å². The van der Waals surface area contributed by atoms with Gasteiger partial charge in [-0.15, -0.1) is 11.3 Å². The fraction of sp³-hybridized carbons (Fsp3) is 0.100. The molecule has 4 rings (SSSR count). The highest BCUT2D eigenvalue weighted by molar-refractivity contribution is 7.13. The number of ether oxygens (including phenoxy) is 1. The van der Waals surface area contributed by atoms with Crippen molar-refractivity contribution in [1.82, 2.24) is 9.97 Å². The molecule has 0 saturated carbocycles. The Kier molecular flexibility index (Phi) is 4.31. The van der Waals surface area contributed by atoms with Crippen LogP contribution in [-0.2, 0) is 6.54 Å². The van der Waals surface area contributed by atoms with E-state index in [1.807, 2.05) is 48.1 Å². The van der Waals surface area contributed by atoms with Crippen LogP contribution in [0, 0.1) is 0 Å². The van der Waals surface area contributed by atoms with Gasteiger partial charge in [0.25, 0.3) is 0 Å².